The van der Waals surface area contributed by atoms with Gasteiger partial charge in [-0.3, -0.25) is 9.69 Å². The third-order valence-electron chi connectivity index (χ3n) is 4.72. The number of fused-ring (bicyclic) bond motifs is 1. The minimum atomic E-state index is -0.130. The molecule has 2 aromatic rings. The second kappa shape index (κ2) is 6.97. The van der Waals surface area contributed by atoms with Crippen molar-refractivity contribution in [3.8, 4) is 0 Å². The van der Waals surface area contributed by atoms with Gasteiger partial charge in [0, 0.05) is 18.8 Å². The first-order valence-electron chi connectivity index (χ1n) is 8.38. The highest BCUT2D eigenvalue weighted by Gasteiger charge is 2.25. The van der Waals surface area contributed by atoms with E-state index >= 15 is 0 Å². The van der Waals surface area contributed by atoms with Crippen LogP contribution in [0.3, 0.4) is 0 Å². The standard InChI is InChI=1S/C20H24N2O/c1-3-16-8-10-19(11-9-16)21-20(23)15(2)22-13-12-17-6-4-5-7-18(17)14-22/h4-11,15H,3,12-14H2,1-2H3,(H,21,23). The summed E-state index contributed by atoms with van der Waals surface area (Å²) in [4.78, 5) is 14.8. The molecule has 0 saturated carbocycles. The lowest BCUT2D eigenvalue weighted by Gasteiger charge is -2.32. The molecular weight excluding hydrogens is 284 g/mol. The first kappa shape index (κ1) is 15.8. The van der Waals surface area contributed by atoms with E-state index in [0.29, 0.717) is 0 Å². The van der Waals surface area contributed by atoms with Gasteiger partial charge in [0.05, 0.1) is 6.04 Å². The Morgan fingerprint density at radius 1 is 1.13 bits per heavy atom. The lowest BCUT2D eigenvalue weighted by atomic mass is 9.99. The average Bonchev–Trinajstić information content (AvgIpc) is 2.61. The summed E-state index contributed by atoms with van der Waals surface area (Å²) in [5.74, 6) is 0.0635. The highest BCUT2D eigenvalue weighted by Crippen LogP contribution is 2.21. The number of aryl methyl sites for hydroxylation is 1. The van der Waals surface area contributed by atoms with Crippen LogP contribution >= 0.6 is 0 Å². The molecule has 1 atom stereocenters. The SMILES string of the molecule is CCc1ccc(NC(=O)C(C)N2CCc3ccccc3C2)cc1. The minimum Gasteiger partial charge on any atom is -0.325 e. The molecule has 120 valence electrons. The Labute approximate surface area is 138 Å². The van der Waals surface area contributed by atoms with Gasteiger partial charge in [0.1, 0.15) is 0 Å². The number of amides is 1. The van der Waals surface area contributed by atoms with Crippen molar-refractivity contribution in [1.29, 1.82) is 0 Å². The number of hydrogen-bond acceptors (Lipinski definition) is 2. The normalized spacial score (nSPS) is 15.7. The number of rotatable bonds is 4. The molecule has 1 aliphatic rings. The van der Waals surface area contributed by atoms with E-state index in [4.69, 9.17) is 0 Å². The Morgan fingerprint density at radius 2 is 1.83 bits per heavy atom. The van der Waals surface area contributed by atoms with E-state index in [0.717, 1.165) is 31.6 Å². The highest BCUT2D eigenvalue weighted by atomic mass is 16.2. The van der Waals surface area contributed by atoms with E-state index in [9.17, 15) is 4.79 Å². The summed E-state index contributed by atoms with van der Waals surface area (Å²) in [5, 5.41) is 3.03. The van der Waals surface area contributed by atoms with Crippen molar-refractivity contribution in [3.05, 3.63) is 65.2 Å². The first-order valence-corrected chi connectivity index (χ1v) is 8.38. The van der Waals surface area contributed by atoms with Gasteiger partial charge in [0.15, 0.2) is 0 Å². The van der Waals surface area contributed by atoms with Gasteiger partial charge in [0.2, 0.25) is 5.91 Å². The molecule has 3 rings (SSSR count). The molecule has 1 aliphatic heterocycles. The van der Waals surface area contributed by atoms with E-state index in [1.54, 1.807) is 0 Å². The maximum absolute atomic E-state index is 12.5. The van der Waals surface area contributed by atoms with E-state index in [2.05, 4.69) is 53.5 Å². The maximum Gasteiger partial charge on any atom is 0.241 e. The van der Waals surface area contributed by atoms with Gasteiger partial charge < -0.3 is 5.32 Å². The third kappa shape index (κ3) is 3.62. The molecule has 0 bridgehead atoms. The van der Waals surface area contributed by atoms with E-state index < -0.39 is 0 Å². The topological polar surface area (TPSA) is 32.3 Å². The molecule has 1 heterocycles. The van der Waals surface area contributed by atoms with Crippen molar-refractivity contribution in [2.75, 3.05) is 11.9 Å². The Bertz CT molecular complexity index is 678. The Kier molecular flexibility index (Phi) is 4.77. The van der Waals surface area contributed by atoms with Crippen LogP contribution < -0.4 is 5.32 Å². The number of benzene rings is 2. The lowest BCUT2D eigenvalue weighted by molar-refractivity contribution is -0.121. The number of anilines is 1. The largest absolute Gasteiger partial charge is 0.325 e. The monoisotopic (exact) mass is 308 g/mol. The molecule has 0 saturated heterocycles. The molecule has 0 spiro atoms. The van der Waals surface area contributed by atoms with Crippen LogP contribution in [0.5, 0.6) is 0 Å². The van der Waals surface area contributed by atoms with Gasteiger partial charge in [-0.1, -0.05) is 43.3 Å². The fourth-order valence-corrected chi connectivity index (χ4v) is 3.08. The van der Waals surface area contributed by atoms with Gasteiger partial charge in [-0.05, 0) is 48.6 Å². The predicted octanol–water partition coefficient (Wildman–Crippen LogP) is 3.63. The zero-order valence-corrected chi connectivity index (χ0v) is 13.9. The van der Waals surface area contributed by atoms with Crippen LogP contribution in [0, 0.1) is 0 Å². The number of carbonyl (C=O) groups is 1. The van der Waals surface area contributed by atoms with Crippen molar-refractivity contribution in [1.82, 2.24) is 4.90 Å². The fraction of sp³-hybridized carbons (Fsp3) is 0.350. The van der Waals surface area contributed by atoms with Crippen molar-refractivity contribution in [2.45, 2.75) is 39.3 Å². The molecule has 23 heavy (non-hydrogen) atoms. The summed E-state index contributed by atoms with van der Waals surface area (Å²) < 4.78 is 0. The lowest BCUT2D eigenvalue weighted by Crippen LogP contribution is -2.44. The van der Waals surface area contributed by atoms with Crippen LogP contribution in [-0.4, -0.2) is 23.4 Å². The second-order valence-electron chi connectivity index (χ2n) is 6.20. The summed E-state index contributed by atoms with van der Waals surface area (Å²) in [6.07, 6.45) is 2.02. The van der Waals surface area contributed by atoms with Crippen LogP contribution in [0.4, 0.5) is 5.69 Å². The second-order valence-corrected chi connectivity index (χ2v) is 6.20. The molecule has 3 heteroatoms. The minimum absolute atomic E-state index is 0.0635. The molecule has 0 aliphatic carbocycles. The van der Waals surface area contributed by atoms with Crippen LogP contribution in [0.1, 0.15) is 30.5 Å². The molecule has 3 nitrogen and oxygen atoms in total. The number of carbonyl (C=O) groups excluding carboxylic acids is 1. The summed E-state index contributed by atoms with van der Waals surface area (Å²) in [6.45, 7) is 5.90. The summed E-state index contributed by atoms with van der Waals surface area (Å²) in [7, 11) is 0. The van der Waals surface area contributed by atoms with Gasteiger partial charge in [-0.15, -0.1) is 0 Å². The molecule has 0 aromatic heterocycles. The van der Waals surface area contributed by atoms with Crippen molar-refractivity contribution in [2.24, 2.45) is 0 Å². The van der Waals surface area contributed by atoms with E-state index in [-0.39, 0.29) is 11.9 Å². The molecule has 2 aromatic carbocycles. The molecule has 1 unspecified atom stereocenters. The predicted molar refractivity (Wildman–Crippen MR) is 94.5 cm³/mol. The van der Waals surface area contributed by atoms with Gasteiger partial charge in [-0.25, -0.2) is 0 Å². The zero-order chi connectivity index (χ0) is 16.2. The summed E-state index contributed by atoms with van der Waals surface area (Å²) in [6, 6.07) is 16.5. The number of hydrogen-bond donors (Lipinski definition) is 1. The van der Waals surface area contributed by atoms with Crippen molar-refractivity contribution in [3.63, 3.8) is 0 Å². The molecule has 1 N–H and O–H groups in total. The van der Waals surface area contributed by atoms with E-state index in [1.807, 2.05) is 19.1 Å². The molecule has 0 radical (unpaired) electrons. The first-order chi connectivity index (χ1) is 11.2. The van der Waals surface area contributed by atoms with Crippen LogP contribution in [0.2, 0.25) is 0 Å². The number of nitrogens with zero attached hydrogens (tertiary/aromatic N) is 1. The smallest absolute Gasteiger partial charge is 0.241 e. The van der Waals surface area contributed by atoms with Gasteiger partial charge in [0.25, 0.3) is 0 Å². The third-order valence-corrected chi connectivity index (χ3v) is 4.72. The quantitative estimate of drug-likeness (QED) is 0.935. The Hall–Kier alpha value is -2.13. The van der Waals surface area contributed by atoms with Gasteiger partial charge in [-0.2, -0.15) is 0 Å². The fourth-order valence-electron chi connectivity index (χ4n) is 3.08. The Morgan fingerprint density at radius 3 is 2.52 bits per heavy atom. The Balaban J connectivity index is 1.63. The van der Waals surface area contributed by atoms with E-state index in [1.165, 1.54) is 16.7 Å². The van der Waals surface area contributed by atoms with Crippen LogP contribution in [0.25, 0.3) is 0 Å². The molecule has 1 amide bonds. The number of nitrogens with one attached hydrogen (secondary N) is 1. The van der Waals surface area contributed by atoms with Crippen molar-refractivity contribution < 1.29 is 4.79 Å². The summed E-state index contributed by atoms with van der Waals surface area (Å²) >= 11 is 0. The maximum atomic E-state index is 12.5. The average molecular weight is 308 g/mol. The molecule has 0 fully saturated rings. The summed E-state index contributed by atoms with van der Waals surface area (Å²) in [5.41, 5.74) is 4.90. The van der Waals surface area contributed by atoms with Crippen molar-refractivity contribution >= 4 is 11.6 Å². The molecular formula is C20H24N2O. The highest BCUT2D eigenvalue weighted by molar-refractivity contribution is 5.94. The van der Waals surface area contributed by atoms with Crippen LogP contribution in [0.15, 0.2) is 48.5 Å². The van der Waals surface area contributed by atoms with Gasteiger partial charge >= 0.3 is 0 Å². The van der Waals surface area contributed by atoms with Crippen LogP contribution in [-0.2, 0) is 24.2 Å². The zero-order valence-electron chi connectivity index (χ0n) is 13.9.